The molecule has 0 N–H and O–H groups in total. The Morgan fingerprint density at radius 3 is 2.26 bits per heavy atom. The maximum atomic E-state index is 5.35. The fourth-order valence-corrected chi connectivity index (χ4v) is 2.28. The van der Waals surface area contributed by atoms with Crippen molar-refractivity contribution in [2.75, 3.05) is 28.1 Å². The SMILES string of the molecule is COc1cc(N=Cc2ccc3c(c2)OCO3)cc(OC)c1OC. The van der Waals surface area contributed by atoms with Crippen LogP contribution in [0, 0.1) is 0 Å². The molecular formula is C17H17NO5. The normalized spacial score (nSPS) is 12.5. The lowest BCUT2D eigenvalue weighted by Gasteiger charge is -2.12. The van der Waals surface area contributed by atoms with Crippen LogP contribution in [0.3, 0.4) is 0 Å². The summed E-state index contributed by atoms with van der Waals surface area (Å²) in [4.78, 5) is 4.46. The maximum Gasteiger partial charge on any atom is 0.231 e. The van der Waals surface area contributed by atoms with Crippen LogP contribution in [-0.4, -0.2) is 34.3 Å². The van der Waals surface area contributed by atoms with Crippen molar-refractivity contribution in [3.63, 3.8) is 0 Å². The predicted molar refractivity (Wildman–Crippen MR) is 85.9 cm³/mol. The summed E-state index contributed by atoms with van der Waals surface area (Å²) in [5, 5.41) is 0. The summed E-state index contributed by atoms with van der Waals surface area (Å²) in [6.45, 7) is 0.253. The molecule has 6 nitrogen and oxygen atoms in total. The zero-order chi connectivity index (χ0) is 16.2. The number of hydrogen-bond donors (Lipinski definition) is 0. The number of rotatable bonds is 5. The average molecular weight is 315 g/mol. The second kappa shape index (κ2) is 6.48. The molecule has 23 heavy (non-hydrogen) atoms. The third kappa shape index (κ3) is 3.01. The third-order valence-corrected chi connectivity index (χ3v) is 3.41. The first-order valence-electron chi connectivity index (χ1n) is 6.99. The summed E-state index contributed by atoms with van der Waals surface area (Å²) in [7, 11) is 4.71. The van der Waals surface area contributed by atoms with Gasteiger partial charge in [0, 0.05) is 18.3 Å². The van der Waals surface area contributed by atoms with Crippen molar-refractivity contribution in [3.05, 3.63) is 35.9 Å². The predicted octanol–water partition coefficient (Wildman–Crippen LogP) is 3.19. The Hall–Kier alpha value is -2.89. The van der Waals surface area contributed by atoms with Gasteiger partial charge in [0.1, 0.15) is 0 Å². The quantitative estimate of drug-likeness (QED) is 0.793. The summed E-state index contributed by atoms with van der Waals surface area (Å²) in [6.07, 6.45) is 1.74. The molecule has 6 heteroatoms. The lowest BCUT2D eigenvalue weighted by molar-refractivity contribution is 0.174. The Morgan fingerprint density at radius 2 is 1.61 bits per heavy atom. The monoisotopic (exact) mass is 315 g/mol. The van der Waals surface area contributed by atoms with E-state index in [9.17, 15) is 0 Å². The topological polar surface area (TPSA) is 58.5 Å². The Bertz CT molecular complexity index is 717. The highest BCUT2D eigenvalue weighted by molar-refractivity contribution is 5.83. The lowest BCUT2D eigenvalue weighted by atomic mass is 10.2. The summed E-state index contributed by atoms with van der Waals surface area (Å²) in [6, 6.07) is 9.22. The van der Waals surface area contributed by atoms with Gasteiger partial charge in [-0.25, -0.2) is 0 Å². The van der Waals surface area contributed by atoms with Crippen LogP contribution in [0.25, 0.3) is 0 Å². The van der Waals surface area contributed by atoms with E-state index in [2.05, 4.69) is 4.99 Å². The molecule has 0 radical (unpaired) electrons. The fourth-order valence-electron chi connectivity index (χ4n) is 2.28. The molecule has 0 unspecified atom stereocenters. The molecule has 120 valence electrons. The highest BCUT2D eigenvalue weighted by Gasteiger charge is 2.14. The lowest BCUT2D eigenvalue weighted by Crippen LogP contribution is -1.94. The number of fused-ring (bicyclic) bond motifs is 1. The molecule has 0 amide bonds. The van der Waals surface area contributed by atoms with Gasteiger partial charge in [-0.3, -0.25) is 4.99 Å². The highest BCUT2D eigenvalue weighted by Crippen LogP contribution is 2.40. The number of benzene rings is 2. The van der Waals surface area contributed by atoms with Crippen LogP contribution in [-0.2, 0) is 0 Å². The number of aliphatic imine (C=N–C) groups is 1. The minimum absolute atomic E-state index is 0.253. The first-order valence-corrected chi connectivity index (χ1v) is 6.99. The van der Waals surface area contributed by atoms with Gasteiger partial charge in [-0.15, -0.1) is 0 Å². The van der Waals surface area contributed by atoms with Crippen molar-refractivity contribution in [3.8, 4) is 28.7 Å². The molecule has 1 aliphatic rings. The molecule has 1 heterocycles. The zero-order valence-corrected chi connectivity index (χ0v) is 13.2. The molecule has 3 rings (SSSR count). The van der Waals surface area contributed by atoms with Crippen molar-refractivity contribution in [2.24, 2.45) is 4.99 Å². The van der Waals surface area contributed by atoms with Gasteiger partial charge in [-0.2, -0.15) is 0 Å². The molecule has 0 saturated heterocycles. The van der Waals surface area contributed by atoms with E-state index in [4.69, 9.17) is 23.7 Å². The van der Waals surface area contributed by atoms with Gasteiger partial charge in [0.2, 0.25) is 12.5 Å². The largest absolute Gasteiger partial charge is 0.493 e. The molecule has 0 fully saturated rings. The van der Waals surface area contributed by atoms with Crippen LogP contribution in [0.4, 0.5) is 5.69 Å². The minimum atomic E-state index is 0.253. The smallest absolute Gasteiger partial charge is 0.231 e. The van der Waals surface area contributed by atoms with Crippen LogP contribution in [0.1, 0.15) is 5.56 Å². The van der Waals surface area contributed by atoms with Crippen LogP contribution in [0.15, 0.2) is 35.3 Å². The van der Waals surface area contributed by atoms with Crippen molar-refractivity contribution in [2.45, 2.75) is 0 Å². The van der Waals surface area contributed by atoms with Crippen molar-refractivity contribution in [1.82, 2.24) is 0 Å². The van der Waals surface area contributed by atoms with Crippen LogP contribution in [0.2, 0.25) is 0 Å². The van der Waals surface area contributed by atoms with E-state index >= 15 is 0 Å². The fraction of sp³-hybridized carbons (Fsp3) is 0.235. The molecule has 0 bridgehead atoms. The number of methoxy groups -OCH3 is 3. The summed E-state index contributed by atoms with van der Waals surface area (Å²) >= 11 is 0. The Morgan fingerprint density at radius 1 is 0.913 bits per heavy atom. The van der Waals surface area contributed by atoms with Gasteiger partial charge >= 0.3 is 0 Å². The van der Waals surface area contributed by atoms with E-state index in [0.29, 0.717) is 22.9 Å². The van der Waals surface area contributed by atoms with Crippen molar-refractivity contribution < 1.29 is 23.7 Å². The van der Waals surface area contributed by atoms with E-state index in [-0.39, 0.29) is 6.79 Å². The van der Waals surface area contributed by atoms with Crippen molar-refractivity contribution in [1.29, 1.82) is 0 Å². The van der Waals surface area contributed by atoms with Gasteiger partial charge in [0.25, 0.3) is 0 Å². The Balaban J connectivity index is 1.90. The molecule has 0 saturated carbocycles. The summed E-state index contributed by atoms with van der Waals surface area (Å²) in [5.41, 5.74) is 1.60. The number of hydrogen-bond acceptors (Lipinski definition) is 6. The van der Waals surface area contributed by atoms with Crippen LogP contribution < -0.4 is 23.7 Å². The molecule has 2 aromatic carbocycles. The van der Waals surface area contributed by atoms with E-state index < -0.39 is 0 Å². The van der Waals surface area contributed by atoms with E-state index in [1.165, 1.54) is 0 Å². The first kappa shape index (κ1) is 15.0. The highest BCUT2D eigenvalue weighted by atomic mass is 16.7. The molecule has 0 aliphatic carbocycles. The van der Waals surface area contributed by atoms with Gasteiger partial charge < -0.3 is 23.7 Å². The van der Waals surface area contributed by atoms with E-state index in [1.807, 2.05) is 18.2 Å². The molecular weight excluding hydrogens is 298 g/mol. The number of nitrogens with zero attached hydrogens (tertiary/aromatic N) is 1. The number of ether oxygens (including phenoxy) is 5. The zero-order valence-electron chi connectivity index (χ0n) is 13.2. The average Bonchev–Trinajstić information content (AvgIpc) is 3.06. The Labute approximate surface area is 134 Å². The first-order chi connectivity index (χ1) is 11.2. The maximum absolute atomic E-state index is 5.35. The summed E-state index contributed by atoms with van der Waals surface area (Å²) < 4.78 is 26.6. The molecule has 1 aliphatic heterocycles. The molecule has 0 spiro atoms. The molecule has 2 aromatic rings. The van der Waals surface area contributed by atoms with E-state index in [1.54, 1.807) is 39.7 Å². The summed E-state index contributed by atoms with van der Waals surface area (Å²) in [5.74, 6) is 3.13. The second-order valence-electron chi connectivity index (χ2n) is 4.75. The van der Waals surface area contributed by atoms with Gasteiger partial charge in [0.05, 0.1) is 27.0 Å². The van der Waals surface area contributed by atoms with Gasteiger partial charge in [0.15, 0.2) is 23.0 Å². The van der Waals surface area contributed by atoms with E-state index in [0.717, 1.165) is 17.1 Å². The molecule has 0 atom stereocenters. The standard InChI is InChI=1S/C17H17NO5/c1-19-15-7-12(8-16(20-2)17(15)21-3)18-9-11-4-5-13-14(6-11)23-10-22-13/h4-9H,10H2,1-3H3. The third-order valence-electron chi connectivity index (χ3n) is 3.41. The van der Waals surface area contributed by atoms with Crippen LogP contribution in [0.5, 0.6) is 28.7 Å². The molecule has 0 aromatic heterocycles. The van der Waals surface area contributed by atoms with Crippen LogP contribution >= 0.6 is 0 Å². The van der Waals surface area contributed by atoms with Gasteiger partial charge in [-0.1, -0.05) is 0 Å². The van der Waals surface area contributed by atoms with Crippen molar-refractivity contribution >= 4 is 11.9 Å². The Kier molecular flexibility index (Phi) is 4.23. The minimum Gasteiger partial charge on any atom is -0.493 e. The second-order valence-corrected chi connectivity index (χ2v) is 4.75. The van der Waals surface area contributed by atoms with Gasteiger partial charge in [-0.05, 0) is 23.8 Å².